The molecule has 0 fully saturated rings. The minimum atomic E-state index is 1.06. The normalized spacial score (nSPS) is 10.7. The molecule has 2 heteroatoms. The average Bonchev–Trinajstić information content (AvgIpc) is 2.23. The summed E-state index contributed by atoms with van der Waals surface area (Å²) in [6.07, 6.45) is 0. The molecule has 1 aromatic carbocycles. The highest BCUT2D eigenvalue weighted by molar-refractivity contribution is 5.93. The van der Waals surface area contributed by atoms with E-state index in [0.717, 1.165) is 16.9 Å². The Hall–Kier alpha value is -1.57. The first-order valence-corrected chi connectivity index (χ1v) is 5.19. The molecule has 1 aromatic heterocycles. The second kappa shape index (κ2) is 3.54. The molecule has 2 aromatic rings. The topological polar surface area (TPSA) is 24.9 Å². The predicted octanol–water partition coefficient (Wildman–Crippen LogP) is 3.20. The van der Waals surface area contributed by atoms with E-state index in [2.05, 4.69) is 42.3 Å². The highest BCUT2D eigenvalue weighted by atomic mass is 14.8. The lowest BCUT2D eigenvalue weighted by molar-refractivity contribution is 1.22. The Morgan fingerprint density at radius 3 is 2.53 bits per heavy atom. The quantitative estimate of drug-likeness (QED) is 0.764. The summed E-state index contributed by atoms with van der Waals surface area (Å²) in [7, 11) is 1.95. The number of nitrogens with zero attached hydrogens (tertiary/aromatic N) is 1. The van der Waals surface area contributed by atoms with Crippen LogP contribution in [0.2, 0.25) is 0 Å². The monoisotopic (exact) mass is 200 g/mol. The van der Waals surface area contributed by atoms with Gasteiger partial charge in [-0.2, -0.15) is 0 Å². The molecule has 0 amide bonds. The van der Waals surface area contributed by atoms with Gasteiger partial charge in [-0.1, -0.05) is 12.1 Å². The molecule has 0 radical (unpaired) electrons. The third kappa shape index (κ3) is 1.56. The van der Waals surface area contributed by atoms with Crippen molar-refractivity contribution in [1.29, 1.82) is 0 Å². The van der Waals surface area contributed by atoms with Crippen molar-refractivity contribution in [3.05, 3.63) is 35.0 Å². The smallest absolute Gasteiger partial charge is 0.0757 e. The van der Waals surface area contributed by atoms with Crippen molar-refractivity contribution in [2.75, 3.05) is 12.4 Å². The molecule has 1 heterocycles. The lowest BCUT2D eigenvalue weighted by Crippen LogP contribution is -1.96. The van der Waals surface area contributed by atoms with Crippen LogP contribution in [0.25, 0.3) is 10.9 Å². The lowest BCUT2D eigenvalue weighted by atomic mass is 10.0. The van der Waals surface area contributed by atoms with Crippen LogP contribution in [0, 0.1) is 20.8 Å². The fourth-order valence-electron chi connectivity index (χ4n) is 1.86. The molecule has 0 aliphatic heterocycles. The van der Waals surface area contributed by atoms with E-state index < -0.39 is 0 Å². The van der Waals surface area contributed by atoms with Gasteiger partial charge in [-0.05, 0) is 38.0 Å². The third-order valence-corrected chi connectivity index (χ3v) is 2.90. The number of hydrogen-bond donors (Lipinski definition) is 1. The standard InChI is InChI=1S/C13H16N2/c1-8-5-6-11-12(14-4)7-9(2)15-13(11)10(8)3/h5-7H,1-4H3,(H,14,15). The fraction of sp³-hybridized carbons (Fsp3) is 0.308. The first-order chi connectivity index (χ1) is 7.13. The van der Waals surface area contributed by atoms with Gasteiger partial charge in [-0.15, -0.1) is 0 Å². The van der Waals surface area contributed by atoms with Crippen molar-refractivity contribution in [1.82, 2.24) is 4.98 Å². The van der Waals surface area contributed by atoms with Crippen molar-refractivity contribution in [2.45, 2.75) is 20.8 Å². The van der Waals surface area contributed by atoms with Crippen LogP contribution < -0.4 is 5.32 Å². The molecule has 2 nitrogen and oxygen atoms in total. The first-order valence-electron chi connectivity index (χ1n) is 5.19. The van der Waals surface area contributed by atoms with Crippen LogP contribution in [0.3, 0.4) is 0 Å². The molecule has 78 valence electrons. The largest absolute Gasteiger partial charge is 0.388 e. The number of aromatic nitrogens is 1. The number of hydrogen-bond acceptors (Lipinski definition) is 2. The maximum atomic E-state index is 4.60. The van der Waals surface area contributed by atoms with E-state index in [-0.39, 0.29) is 0 Å². The average molecular weight is 200 g/mol. The summed E-state index contributed by atoms with van der Waals surface area (Å²) >= 11 is 0. The van der Waals surface area contributed by atoms with E-state index in [9.17, 15) is 0 Å². The van der Waals surface area contributed by atoms with Crippen molar-refractivity contribution in [3.8, 4) is 0 Å². The van der Waals surface area contributed by atoms with Crippen molar-refractivity contribution in [3.63, 3.8) is 0 Å². The molecule has 1 N–H and O–H groups in total. The Balaban J connectivity index is 2.89. The minimum Gasteiger partial charge on any atom is -0.388 e. The molecule has 0 bridgehead atoms. The van der Waals surface area contributed by atoms with Gasteiger partial charge >= 0.3 is 0 Å². The number of benzene rings is 1. The maximum absolute atomic E-state index is 4.60. The first kappa shape index (κ1) is 9.97. The van der Waals surface area contributed by atoms with Gasteiger partial charge in [-0.3, -0.25) is 4.98 Å². The summed E-state index contributed by atoms with van der Waals surface area (Å²) in [5, 5.41) is 4.42. The molecule has 0 saturated heterocycles. The predicted molar refractivity (Wildman–Crippen MR) is 65.5 cm³/mol. The minimum absolute atomic E-state index is 1.06. The highest BCUT2D eigenvalue weighted by Gasteiger charge is 2.06. The molecule has 0 atom stereocenters. The molecular weight excluding hydrogens is 184 g/mol. The fourth-order valence-corrected chi connectivity index (χ4v) is 1.86. The number of fused-ring (bicyclic) bond motifs is 1. The second-order valence-electron chi connectivity index (χ2n) is 3.96. The summed E-state index contributed by atoms with van der Waals surface area (Å²) < 4.78 is 0. The second-order valence-corrected chi connectivity index (χ2v) is 3.96. The Kier molecular flexibility index (Phi) is 2.35. The maximum Gasteiger partial charge on any atom is 0.0757 e. The lowest BCUT2D eigenvalue weighted by Gasteiger charge is -2.10. The molecule has 0 aliphatic carbocycles. The highest BCUT2D eigenvalue weighted by Crippen LogP contribution is 2.26. The summed E-state index contributed by atoms with van der Waals surface area (Å²) in [4.78, 5) is 4.60. The van der Waals surface area contributed by atoms with Crippen LogP contribution >= 0.6 is 0 Å². The molecule has 0 saturated carbocycles. The Bertz CT molecular complexity index is 515. The van der Waals surface area contributed by atoms with Gasteiger partial charge < -0.3 is 5.32 Å². The Morgan fingerprint density at radius 1 is 1.13 bits per heavy atom. The van der Waals surface area contributed by atoms with Crippen LogP contribution in [0.15, 0.2) is 18.2 Å². The zero-order valence-electron chi connectivity index (χ0n) is 9.68. The van der Waals surface area contributed by atoms with Crippen LogP contribution in [-0.2, 0) is 0 Å². The number of rotatable bonds is 1. The van der Waals surface area contributed by atoms with Gasteiger partial charge in [0.1, 0.15) is 0 Å². The molecular formula is C13H16N2. The molecule has 2 rings (SSSR count). The van der Waals surface area contributed by atoms with E-state index in [4.69, 9.17) is 0 Å². The molecule has 15 heavy (non-hydrogen) atoms. The van der Waals surface area contributed by atoms with Crippen LogP contribution in [0.1, 0.15) is 16.8 Å². The summed E-state index contributed by atoms with van der Waals surface area (Å²) in [5.41, 5.74) is 5.89. The van der Waals surface area contributed by atoms with E-state index >= 15 is 0 Å². The Labute approximate surface area is 90.3 Å². The van der Waals surface area contributed by atoms with Crippen LogP contribution in [0.5, 0.6) is 0 Å². The van der Waals surface area contributed by atoms with Gasteiger partial charge in [0.05, 0.1) is 5.52 Å². The number of aryl methyl sites for hydroxylation is 3. The van der Waals surface area contributed by atoms with Gasteiger partial charge in [0.2, 0.25) is 0 Å². The van der Waals surface area contributed by atoms with Gasteiger partial charge in [0.15, 0.2) is 0 Å². The SMILES string of the molecule is CNc1cc(C)nc2c(C)c(C)ccc12. The summed E-state index contributed by atoms with van der Waals surface area (Å²) in [5.74, 6) is 0. The zero-order valence-corrected chi connectivity index (χ0v) is 9.68. The van der Waals surface area contributed by atoms with Crippen LogP contribution in [0.4, 0.5) is 5.69 Å². The zero-order chi connectivity index (χ0) is 11.0. The summed E-state index contributed by atoms with van der Waals surface area (Å²) in [6, 6.07) is 6.36. The van der Waals surface area contributed by atoms with E-state index in [1.165, 1.54) is 16.5 Å². The van der Waals surface area contributed by atoms with E-state index in [1.807, 2.05) is 14.0 Å². The van der Waals surface area contributed by atoms with Crippen LogP contribution in [-0.4, -0.2) is 12.0 Å². The number of anilines is 1. The van der Waals surface area contributed by atoms with E-state index in [1.54, 1.807) is 0 Å². The van der Waals surface area contributed by atoms with Gasteiger partial charge in [0, 0.05) is 23.8 Å². The van der Waals surface area contributed by atoms with Gasteiger partial charge in [0.25, 0.3) is 0 Å². The summed E-state index contributed by atoms with van der Waals surface area (Å²) in [6.45, 7) is 6.28. The molecule has 0 aliphatic rings. The molecule has 0 unspecified atom stereocenters. The van der Waals surface area contributed by atoms with Crippen molar-refractivity contribution < 1.29 is 0 Å². The third-order valence-electron chi connectivity index (χ3n) is 2.90. The van der Waals surface area contributed by atoms with E-state index in [0.29, 0.717) is 0 Å². The van der Waals surface area contributed by atoms with Crippen molar-refractivity contribution >= 4 is 16.6 Å². The number of pyridine rings is 1. The van der Waals surface area contributed by atoms with Crippen molar-refractivity contribution in [2.24, 2.45) is 0 Å². The van der Waals surface area contributed by atoms with Gasteiger partial charge in [-0.25, -0.2) is 0 Å². The Morgan fingerprint density at radius 2 is 1.87 bits per heavy atom. The molecule has 0 spiro atoms. The number of nitrogens with one attached hydrogen (secondary N) is 1.